The first-order valence-electron chi connectivity index (χ1n) is 7.08. The molecule has 0 aromatic rings. The summed E-state index contributed by atoms with van der Waals surface area (Å²) in [7, 11) is 1.71. The van der Waals surface area contributed by atoms with E-state index in [1.54, 1.807) is 11.9 Å². The van der Waals surface area contributed by atoms with Gasteiger partial charge in [0, 0.05) is 13.1 Å². The average Bonchev–Trinajstić information content (AvgIpc) is 2.08. The Labute approximate surface area is 121 Å². The minimum Gasteiger partial charge on any atom is -0.460 e. The van der Waals surface area contributed by atoms with Crippen LogP contribution >= 0.6 is 0 Å². The third-order valence-electron chi connectivity index (χ3n) is 3.08. The third kappa shape index (κ3) is 5.02. The van der Waals surface area contributed by atoms with E-state index in [0.717, 1.165) is 0 Å². The van der Waals surface area contributed by atoms with Gasteiger partial charge in [-0.05, 0) is 54.4 Å². The molecule has 0 atom stereocenters. The zero-order chi connectivity index (χ0) is 15.7. The van der Waals surface area contributed by atoms with E-state index in [9.17, 15) is 9.59 Å². The van der Waals surface area contributed by atoms with Crippen LogP contribution in [0.25, 0.3) is 0 Å². The molecule has 1 aliphatic carbocycles. The number of ether oxygens (including phenoxy) is 2. The summed E-state index contributed by atoms with van der Waals surface area (Å²) < 4.78 is 10.6. The van der Waals surface area contributed by atoms with E-state index < -0.39 is 11.2 Å². The molecule has 0 aromatic carbocycles. The summed E-state index contributed by atoms with van der Waals surface area (Å²) in [4.78, 5) is 25.3. The van der Waals surface area contributed by atoms with E-state index >= 15 is 0 Å². The van der Waals surface area contributed by atoms with Crippen LogP contribution in [-0.4, -0.2) is 41.3 Å². The fourth-order valence-electron chi connectivity index (χ4n) is 1.96. The summed E-state index contributed by atoms with van der Waals surface area (Å²) >= 11 is 0. The lowest BCUT2D eigenvalue weighted by Gasteiger charge is -2.40. The Balaban J connectivity index is 2.41. The highest BCUT2D eigenvalue weighted by Crippen LogP contribution is 2.33. The van der Waals surface area contributed by atoms with Crippen molar-refractivity contribution in [2.24, 2.45) is 5.92 Å². The van der Waals surface area contributed by atoms with Crippen molar-refractivity contribution in [3.05, 3.63) is 0 Å². The van der Waals surface area contributed by atoms with Crippen molar-refractivity contribution in [2.45, 2.75) is 71.6 Å². The van der Waals surface area contributed by atoms with Gasteiger partial charge in [-0.2, -0.15) is 0 Å². The second kappa shape index (κ2) is 5.62. The van der Waals surface area contributed by atoms with Gasteiger partial charge in [0.25, 0.3) is 0 Å². The fourth-order valence-corrected chi connectivity index (χ4v) is 1.96. The minimum absolute atomic E-state index is 0.0577. The van der Waals surface area contributed by atoms with Gasteiger partial charge in [-0.25, -0.2) is 4.79 Å². The van der Waals surface area contributed by atoms with Crippen molar-refractivity contribution in [3.63, 3.8) is 0 Å². The number of rotatable bonds is 2. The Bertz CT molecular complexity index is 372. The molecule has 116 valence electrons. The molecule has 0 heterocycles. The predicted molar refractivity (Wildman–Crippen MR) is 76.4 cm³/mol. The molecule has 1 fully saturated rings. The molecule has 20 heavy (non-hydrogen) atoms. The Hall–Kier alpha value is -1.26. The summed E-state index contributed by atoms with van der Waals surface area (Å²) in [6.45, 7) is 11.1. The fraction of sp³-hybridized carbons (Fsp3) is 0.867. The maximum Gasteiger partial charge on any atom is 0.410 e. The van der Waals surface area contributed by atoms with Gasteiger partial charge in [-0.1, -0.05) is 0 Å². The average molecular weight is 285 g/mol. The van der Waals surface area contributed by atoms with Crippen molar-refractivity contribution < 1.29 is 19.1 Å². The number of nitrogens with zero attached hydrogens (tertiary/aromatic N) is 1. The Kier molecular flexibility index (Phi) is 4.72. The normalized spacial score (nSPS) is 22.8. The number of amides is 1. The van der Waals surface area contributed by atoms with Crippen molar-refractivity contribution >= 4 is 12.1 Å². The molecule has 0 saturated heterocycles. The highest BCUT2D eigenvalue weighted by Gasteiger charge is 2.41. The molecule has 1 rings (SSSR count). The van der Waals surface area contributed by atoms with Gasteiger partial charge < -0.3 is 14.4 Å². The predicted octanol–water partition coefficient (Wildman–Crippen LogP) is 2.97. The lowest BCUT2D eigenvalue weighted by Crippen LogP contribution is -2.50. The molecule has 0 bridgehead atoms. The molecule has 5 heteroatoms. The lowest BCUT2D eigenvalue weighted by atomic mass is 9.79. The first-order valence-corrected chi connectivity index (χ1v) is 7.08. The van der Waals surface area contributed by atoms with Crippen LogP contribution < -0.4 is 0 Å². The van der Waals surface area contributed by atoms with Crippen LogP contribution in [0.2, 0.25) is 0 Å². The van der Waals surface area contributed by atoms with E-state index in [1.165, 1.54) is 0 Å². The van der Waals surface area contributed by atoms with E-state index in [1.807, 2.05) is 41.5 Å². The van der Waals surface area contributed by atoms with Crippen LogP contribution in [0.4, 0.5) is 4.79 Å². The van der Waals surface area contributed by atoms with E-state index in [0.29, 0.717) is 12.8 Å². The van der Waals surface area contributed by atoms with Gasteiger partial charge in [-0.3, -0.25) is 4.79 Å². The number of esters is 1. The van der Waals surface area contributed by atoms with Crippen LogP contribution in [0.3, 0.4) is 0 Å². The Morgan fingerprint density at radius 2 is 1.40 bits per heavy atom. The Morgan fingerprint density at radius 3 is 1.80 bits per heavy atom. The van der Waals surface area contributed by atoms with Gasteiger partial charge in [0.1, 0.15) is 11.2 Å². The number of hydrogen-bond donors (Lipinski definition) is 0. The lowest BCUT2D eigenvalue weighted by molar-refractivity contribution is -0.165. The molecule has 0 aliphatic heterocycles. The molecule has 1 aliphatic rings. The molecule has 0 aromatic heterocycles. The van der Waals surface area contributed by atoms with Gasteiger partial charge in [-0.15, -0.1) is 0 Å². The number of carbonyl (C=O) groups is 2. The van der Waals surface area contributed by atoms with Gasteiger partial charge in [0.15, 0.2) is 0 Å². The van der Waals surface area contributed by atoms with E-state index in [2.05, 4.69) is 0 Å². The molecule has 0 spiro atoms. The standard InChI is InChI=1S/C15H27NO4/c1-14(2,3)19-12(17)10-8-11(9-10)16(7)13(18)20-15(4,5)6/h10-11H,8-9H2,1-7H3. The molecule has 0 radical (unpaired) electrons. The molecule has 1 saturated carbocycles. The van der Waals surface area contributed by atoms with Gasteiger partial charge in [0.2, 0.25) is 0 Å². The molecule has 5 nitrogen and oxygen atoms in total. The van der Waals surface area contributed by atoms with E-state index in [-0.39, 0.29) is 24.0 Å². The largest absolute Gasteiger partial charge is 0.460 e. The zero-order valence-electron chi connectivity index (χ0n) is 13.6. The monoisotopic (exact) mass is 285 g/mol. The smallest absolute Gasteiger partial charge is 0.410 e. The third-order valence-corrected chi connectivity index (χ3v) is 3.08. The Morgan fingerprint density at radius 1 is 0.950 bits per heavy atom. The summed E-state index contributed by atoms with van der Waals surface area (Å²) in [6.07, 6.45) is 0.945. The molecule has 1 amide bonds. The second-order valence-corrected chi connectivity index (χ2v) is 7.45. The molecular formula is C15H27NO4. The van der Waals surface area contributed by atoms with Gasteiger partial charge in [0.05, 0.1) is 5.92 Å². The van der Waals surface area contributed by atoms with Crippen molar-refractivity contribution in [1.82, 2.24) is 4.90 Å². The second-order valence-electron chi connectivity index (χ2n) is 7.45. The van der Waals surface area contributed by atoms with Crippen LogP contribution in [0.5, 0.6) is 0 Å². The highest BCUT2D eigenvalue weighted by atomic mass is 16.6. The summed E-state index contributed by atoms with van der Waals surface area (Å²) in [5.41, 5.74) is -0.959. The van der Waals surface area contributed by atoms with Crippen LogP contribution in [0, 0.1) is 5.92 Å². The SMILES string of the molecule is CN(C(=O)OC(C)(C)C)C1CC(C(=O)OC(C)(C)C)C1. The number of carbonyl (C=O) groups excluding carboxylic acids is 2. The van der Waals surface area contributed by atoms with Crippen molar-refractivity contribution in [1.29, 1.82) is 0 Å². The first kappa shape index (κ1) is 16.8. The quantitative estimate of drug-likeness (QED) is 0.732. The molecule has 0 unspecified atom stereocenters. The van der Waals surface area contributed by atoms with E-state index in [4.69, 9.17) is 9.47 Å². The van der Waals surface area contributed by atoms with Crippen LogP contribution in [-0.2, 0) is 14.3 Å². The first-order chi connectivity index (χ1) is 8.89. The maximum atomic E-state index is 11.9. The summed E-state index contributed by atoms with van der Waals surface area (Å²) in [5, 5.41) is 0. The molecular weight excluding hydrogens is 258 g/mol. The highest BCUT2D eigenvalue weighted by molar-refractivity contribution is 5.75. The zero-order valence-corrected chi connectivity index (χ0v) is 13.6. The van der Waals surface area contributed by atoms with Crippen molar-refractivity contribution in [3.8, 4) is 0 Å². The maximum absolute atomic E-state index is 11.9. The minimum atomic E-state index is -0.500. The van der Waals surface area contributed by atoms with Crippen LogP contribution in [0.1, 0.15) is 54.4 Å². The number of hydrogen-bond acceptors (Lipinski definition) is 4. The summed E-state index contributed by atoms with van der Waals surface area (Å²) in [6, 6.07) is 0.0577. The topological polar surface area (TPSA) is 55.8 Å². The molecule has 0 N–H and O–H groups in total. The van der Waals surface area contributed by atoms with Gasteiger partial charge >= 0.3 is 12.1 Å². The summed E-state index contributed by atoms with van der Waals surface area (Å²) in [5.74, 6) is -0.282. The van der Waals surface area contributed by atoms with Crippen LogP contribution in [0.15, 0.2) is 0 Å². The van der Waals surface area contributed by atoms with Crippen molar-refractivity contribution in [2.75, 3.05) is 7.05 Å².